The highest BCUT2D eigenvalue weighted by Gasteiger charge is 2.16. The van der Waals surface area contributed by atoms with Crippen molar-refractivity contribution in [2.45, 2.75) is 45.4 Å². The summed E-state index contributed by atoms with van der Waals surface area (Å²) in [4.78, 5) is 11.1. The van der Waals surface area contributed by atoms with Crippen molar-refractivity contribution < 1.29 is 31.0 Å². The molecule has 0 heterocycles. The molecule has 1 rings (SSSR count). The number of ether oxygens (including phenoxy) is 1. The largest absolute Gasteiger partial charge is 1.00 e. The Morgan fingerprint density at radius 2 is 1.68 bits per heavy atom. The number of aldehydes is 1. The van der Waals surface area contributed by atoms with Gasteiger partial charge < -0.3 is 26.2 Å². The number of likely N-dealkylation sites (N-methyl/N-ethyl adjacent to an activating group) is 1. The predicted octanol–water partition coefficient (Wildman–Crippen LogP) is 2.63. The SMILES string of the molecule is CCCCCCCC[N+](C)(C)CCOc1c(Cl)cc(Cl)cc1C=O.[Br-]. The fourth-order valence-corrected chi connectivity index (χ4v) is 3.21. The Morgan fingerprint density at radius 1 is 1.04 bits per heavy atom. The zero-order valence-corrected chi connectivity index (χ0v) is 18.6. The highest BCUT2D eigenvalue weighted by molar-refractivity contribution is 6.36. The molecule has 0 amide bonds. The molecule has 0 aliphatic heterocycles. The van der Waals surface area contributed by atoms with E-state index in [-0.39, 0.29) is 17.0 Å². The molecule has 0 spiro atoms. The number of carbonyl (C=O) groups is 1. The van der Waals surface area contributed by atoms with E-state index in [0.717, 1.165) is 23.9 Å². The summed E-state index contributed by atoms with van der Waals surface area (Å²) >= 11 is 12.0. The lowest BCUT2D eigenvalue weighted by Crippen LogP contribution is -3.00. The van der Waals surface area contributed by atoms with Crippen LogP contribution in [0.5, 0.6) is 5.75 Å². The number of benzene rings is 1. The number of quaternary nitrogens is 1. The Hall–Kier alpha value is -0.290. The molecule has 0 aliphatic carbocycles. The van der Waals surface area contributed by atoms with Crippen LogP contribution >= 0.6 is 23.2 Å². The lowest BCUT2D eigenvalue weighted by Gasteiger charge is -2.30. The predicted molar refractivity (Wildman–Crippen MR) is 103 cm³/mol. The van der Waals surface area contributed by atoms with Gasteiger partial charge in [0.15, 0.2) is 6.29 Å². The van der Waals surface area contributed by atoms with E-state index in [1.54, 1.807) is 12.1 Å². The van der Waals surface area contributed by atoms with Gasteiger partial charge >= 0.3 is 0 Å². The van der Waals surface area contributed by atoms with E-state index in [2.05, 4.69) is 21.0 Å². The van der Waals surface area contributed by atoms with Gasteiger partial charge in [-0.15, -0.1) is 0 Å². The van der Waals surface area contributed by atoms with Gasteiger partial charge in [-0.2, -0.15) is 0 Å². The first-order valence-corrected chi connectivity index (χ1v) is 9.54. The second kappa shape index (κ2) is 13.0. The summed E-state index contributed by atoms with van der Waals surface area (Å²) in [6.45, 7) is 4.75. The van der Waals surface area contributed by atoms with Crippen LogP contribution < -0.4 is 21.7 Å². The molecule has 0 N–H and O–H groups in total. The Kier molecular flexibility index (Phi) is 12.8. The lowest BCUT2D eigenvalue weighted by atomic mass is 10.1. The average molecular weight is 455 g/mol. The number of unbranched alkanes of at least 4 members (excludes halogenated alkanes) is 5. The summed E-state index contributed by atoms with van der Waals surface area (Å²) in [5.41, 5.74) is 0.397. The van der Waals surface area contributed by atoms with Crippen LogP contribution in [0.1, 0.15) is 55.8 Å². The maximum absolute atomic E-state index is 11.1. The molecule has 144 valence electrons. The zero-order chi connectivity index (χ0) is 18.0. The van der Waals surface area contributed by atoms with Crippen molar-refractivity contribution in [3.8, 4) is 5.75 Å². The highest BCUT2D eigenvalue weighted by atomic mass is 79.9. The molecule has 0 bridgehead atoms. The Balaban J connectivity index is 0.00000576. The van der Waals surface area contributed by atoms with Crippen molar-refractivity contribution in [1.29, 1.82) is 0 Å². The van der Waals surface area contributed by atoms with Crippen LogP contribution in [-0.2, 0) is 0 Å². The molecule has 3 nitrogen and oxygen atoms in total. The van der Waals surface area contributed by atoms with Gasteiger partial charge in [0.1, 0.15) is 18.9 Å². The van der Waals surface area contributed by atoms with Crippen molar-refractivity contribution >= 4 is 29.5 Å². The minimum absolute atomic E-state index is 0. The normalized spacial score (nSPS) is 11.1. The third-order valence-electron chi connectivity index (χ3n) is 4.22. The van der Waals surface area contributed by atoms with Crippen LogP contribution in [0.4, 0.5) is 0 Å². The Morgan fingerprint density at radius 3 is 2.32 bits per heavy atom. The molecule has 0 fully saturated rings. The molecule has 1 aromatic rings. The van der Waals surface area contributed by atoms with Crippen LogP contribution in [0.3, 0.4) is 0 Å². The molecular weight excluding hydrogens is 425 g/mol. The van der Waals surface area contributed by atoms with Crippen molar-refractivity contribution in [2.75, 3.05) is 33.8 Å². The number of rotatable bonds is 12. The quantitative estimate of drug-likeness (QED) is 0.275. The van der Waals surface area contributed by atoms with Crippen LogP contribution in [0.25, 0.3) is 0 Å². The molecule has 0 saturated heterocycles. The summed E-state index contributed by atoms with van der Waals surface area (Å²) in [6, 6.07) is 3.17. The third kappa shape index (κ3) is 9.83. The summed E-state index contributed by atoms with van der Waals surface area (Å²) in [6.07, 6.45) is 8.55. The van der Waals surface area contributed by atoms with E-state index in [0.29, 0.717) is 28.0 Å². The fraction of sp³-hybridized carbons (Fsp3) is 0.632. The van der Waals surface area contributed by atoms with E-state index < -0.39 is 0 Å². The molecule has 25 heavy (non-hydrogen) atoms. The summed E-state index contributed by atoms with van der Waals surface area (Å²) in [7, 11) is 4.42. The molecule has 6 heteroatoms. The maximum atomic E-state index is 11.1. The number of carbonyl (C=O) groups excluding carboxylic acids is 1. The van der Waals surface area contributed by atoms with Crippen LogP contribution in [0, 0.1) is 0 Å². The van der Waals surface area contributed by atoms with Crippen LogP contribution in [-0.4, -0.2) is 44.6 Å². The second-order valence-electron chi connectivity index (χ2n) is 6.92. The van der Waals surface area contributed by atoms with Crippen LogP contribution in [0.15, 0.2) is 12.1 Å². The van der Waals surface area contributed by atoms with Crippen molar-refractivity contribution in [2.24, 2.45) is 0 Å². The first-order chi connectivity index (χ1) is 11.4. The lowest BCUT2D eigenvalue weighted by molar-refractivity contribution is -0.890. The van der Waals surface area contributed by atoms with E-state index in [9.17, 15) is 4.79 Å². The van der Waals surface area contributed by atoms with E-state index >= 15 is 0 Å². The third-order valence-corrected chi connectivity index (χ3v) is 4.72. The van der Waals surface area contributed by atoms with Crippen molar-refractivity contribution in [1.82, 2.24) is 0 Å². The maximum Gasteiger partial charge on any atom is 0.153 e. The highest BCUT2D eigenvalue weighted by Crippen LogP contribution is 2.31. The molecule has 0 saturated carbocycles. The number of nitrogens with zero attached hydrogens (tertiary/aromatic N) is 1. The van der Waals surface area contributed by atoms with Crippen molar-refractivity contribution in [3.63, 3.8) is 0 Å². The molecule has 0 radical (unpaired) electrons. The summed E-state index contributed by atoms with van der Waals surface area (Å²) < 4.78 is 6.67. The number of hydrogen-bond acceptors (Lipinski definition) is 2. The zero-order valence-electron chi connectivity index (χ0n) is 15.5. The smallest absolute Gasteiger partial charge is 0.153 e. The minimum atomic E-state index is 0. The van der Waals surface area contributed by atoms with E-state index in [1.807, 2.05) is 0 Å². The summed E-state index contributed by atoms with van der Waals surface area (Å²) in [5.74, 6) is 0.427. The molecule has 0 aromatic heterocycles. The molecule has 0 unspecified atom stereocenters. The Labute approximate surface area is 173 Å². The average Bonchev–Trinajstić information content (AvgIpc) is 2.52. The Bertz CT molecular complexity index is 524. The van der Waals surface area contributed by atoms with Gasteiger partial charge in [-0.25, -0.2) is 0 Å². The first kappa shape index (κ1) is 24.7. The molecule has 0 aliphatic rings. The number of hydrogen-bond donors (Lipinski definition) is 0. The second-order valence-corrected chi connectivity index (χ2v) is 7.77. The fourth-order valence-electron chi connectivity index (χ4n) is 2.65. The van der Waals surface area contributed by atoms with Gasteiger partial charge in [0.05, 0.1) is 31.2 Å². The monoisotopic (exact) mass is 453 g/mol. The van der Waals surface area contributed by atoms with Crippen molar-refractivity contribution in [3.05, 3.63) is 27.7 Å². The standard InChI is InChI=1S/C19H30Cl2NO2.BrH/c1-4-5-6-7-8-9-10-22(2,3)11-12-24-19-16(15-23)13-17(20)14-18(19)21;/h13-15H,4-12H2,1-3H3;1H/q+1;/p-1. The van der Waals surface area contributed by atoms with E-state index in [1.165, 1.54) is 38.5 Å². The first-order valence-electron chi connectivity index (χ1n) is 8.78. The van der Waals surface area contributed by atoms with Gasteiger partial charge in [0.25, 0.3) is 0 Å². The van der Waals surface area contributed by atoms with Gasteiger partial charge in [0, 0.05) is 5.02 Å². The van der Waals surface area contributed by atoms with Gasteiger partial charge in [-0.1, -0.05) is 55.8 Å². The van der Waals surface area contributed by atoms with E-state index in [4.69, 9.17) is 27.9 Å². The topological polar surface area (TPSA) is 26.3 Å². The molecular formula is C19H30BrCl2NO2. The van der Waals surface area contributed by atoms with Crippen LogP contribution in [0.2, 0.25) is 10.0 Å². The van der Waals surface area contributed by atoms with Gasteiger partial charge in [-0.3, -0.25) is 4.79 Å². The van der Waals surface area contributed by atoms with Gasteiger partial charge in [0.2, 0.25) is 0 Å². The number of halogens is 3. The summed E-state index contributed by atoms with van der Waals surface area (Å²) in [5, 5.41) is 0.819. The van der Waals surface area contributed by atoms with Gasteiger partial charge in [-0.05, 0) is 25.0 Å². The molecule has 0 atom stereocenters. The minimum Gasteiger partial charge on any atom is -1.00 e. The molecule has 1 aromatic carbocycles.